The monoisotopic (exact) mass is 294 g/mol. The topological polar surface area (TPSA) is 4.44 Å². The second kappa shape index (κ2) is 6.33. The van der Waals surface area contributed by atoms with Crippen LogP contribution in [0.2, 0.25) is 0 Å². The molecule has 0 saturated heterocycles. The maximum Gasteiger partial charge on any atom is 0.103 e. The fraction of sp³-hybridized carbons (Fsp3) is 0.158. The second-order valence-corrected chi connectivity index (χ2v) is 6.65. The SMILES string of the molecule is C[NH+](C)Cc1ccccc1Sc1cccc2ccccc12. The number of benzene rings is 3. The second-order valence-electron chi connectivity index (χ2n) is 5.57. The van der Waals surface area contributed by atoms with E-state index in [9.17, 15) is 0 Å². The van der Waals surface area contributed by atoms with Gasteiger partial charge < -0.3 is 4.90 Å². The third-order valence-corrected chi connectivity index (χ3v) is 4.68. The predicted molar refractivity (Wildman–Crippen MR) is 91.0 cm³/mol. The van der Waals surface area contributed by atoms with Gasteiger partial charge in [0, 0.05) is 15.4 Å². The van der Waals surface area contributed by atoms with Gasteiger partial charge in [-0.3, -0.25) is 0 Å². The van der Waals surface area contributed by atoms with Gasteiger partial charge in [0.2, 0.25) is 0 Å². The van der Waals surface area contributed by atoms with Gasteiger partial charge in [0.25, 0.3) is 0 Å². The molecule has 0 fully saturated rings. The molecule has 1 nitrogen and oxygen atoms in total. The Morgan fingerprint density at radius 1 is 0.762 bits per heavy atom. The van der Waals surface area contributed by atoms with Crippen LogP contribution in [0.5, 0.6) is 0 Å². The number of quaternary nitrogens is 1. The highest BCUT2D eigenvalue weighted by molar-refractivity contribution is 7.99. The molecule has 0 heterocycles. The number of hydrogen-bond acceptors (Lipinski definition) is 1. The molecular formula is C19H20NS+. The van der Waals surface area contributed by atoms with Crippen LogP contribution < -0.4 is 4.90 Å². The van der Waals surface area contributed by atoms with Gasteiger partial charge in [0.1, 0.15) is 6.54 Å². The molecule has 0 aliphatic heterocycles. The zero-order valence-corrected chi connectivity index (χ0v) is 13.3. The quantitative estimate of drug-likeness (QED) is 0.770. The Bertz CT molecular complexity index is 744. The smallest absolute Gasteiger partial charge is 0.103 e. The molecule has 0 bridgehead atoms. The van der Waals surface area contributed by atoms with E-state index in [0.29, 0.717) is 0 Å². The summed E-state index contributed by atoms with van der Waals surface area (Å²) in [4.78, 5) is 4.13. The normalized spacial score (nSPS) is 11.2. The first-order chi connectivity index (χ1) is 10.2. The summed E-state index contributed by atoms with van der Waals surface area (Å²) in [5, 5.41) is 2.63. The van der Waals surface area contributed by atoms with Crippen LogP contribution in [0, 0.1) is 0 Å². The van der Waals surface area contributed by atoms with E-state index in [0.717, 1.165) is 6.54 Å². The summed E-state index contributed by atoms with van der Waals surface area (Å²) < 4.78 is 0. The summed E-state index contributed by atoms with van der Waals surface area (Å²) in [6.45, 7) is 1.05. The summed E-state index contributed by atoms with van der Waals surface area (Å²) in [5.41, 5.74) is 1.41. The Hall–Kier alpha value is -1.77. The minimum atomic E-state index is 1.05. The van der Waals surface area contributed by atoms with Gasteiger partial charge in [-0.25, -0.2) is 0 Å². The summed E-state index contributed by atoms with van der Waals surface area (Å²) >= 11 is 1.87. The van der Waals surface area contributed by atoms with Crippen molar-refractivity contribution in [2.75, 3.05) is 14.1 Å². The van der Waals surface area contributed by atoms with E-state index in [1.807, 2.05) is 11.8 Å². The van der Waals surface area contributed by atoms with Gasteiger partial charge in [-0.15, -0.1) is 0 Å². The summed E-state index contributed by atoms with van der Waals surface area (Å²) in [6.07, 6.45) is 0. The van der Waals surface area contributed by atoms with Gasteiger partial charge in [0.15, 0.2) is 0 Å². The molecule has 21 heavy (non-hydrogen) atoms. The van der Waals surface area contributed by atoms with Crippen LogP contribution in [0.25, 0.3) is 10.8 Å². The van der Waals surface area contributed by atoms with E-state index >= 15 is 0 Å². The maximum atomic E-state index is 2.24. The first-order valence-electron chi connectivity index (χ1n) is 7.26. The largest absolute Gasteiger partial charge is 0.336 e. The molecule has 0 aliphatic carbocycles. The lowest BCUT2D eigenvalue weighted by Gasteiger charge is -2.12. The molecule has 0 radical (unpaired) electrons. The lowest BCUT2D eigenvalue weighted by Crippen LogP contribution is -3.04. The Morgan fingerprint density at radius 3 is 2.29 bits per heavy atom. The number of nitrogens with one attached hydrogen (secondary N) is 1. The van der Waals surface area contributed by atoms with E-state index in [4.69, 9.17) is 0 Å². The van der Waals surface area contributed by atoms with Crippen molar-refractivity contribution in [3.05, 3.63) is 72.3 Å². The fourth-order valence-corrected chi connectivity index (χ4v) is 3.63. The number of rotatable bonds is 4. The zero-order chi connectivity index (χ0) is 14.7. The van der Waals surface area contributed by atoms with Crippen molar-refractivity contribution in [3.8, 4) is 0 Å². The van der Waals surface area contributed by atoms with Gasteiger partial charge >= 0.3 is 0 Å². The lowest BCUT2D eigenvalue weighted by atomic mass is 10.1. The first kappa shape index (κ1) is 14.2. The molecule has 1 N–H and O–H groups in total. The van der Waals surface area contributed by atoms with Crippen molar-refractivity contribution < 1.29 is 4.90 Å². The summed E-state index contributed by atoms with van der Waals surface area (Å²) in [5.74, 6) is 0. The van der Waals surface area contributed by atoms with E-state index in [1.54, 1.807) is 0 Å². The predicted octanol–water partition coefficient (Wildman–Crippen LogP) is 3.64. The summed E-state index contributed by atoms with van der Waals surface area (Å²) in [7, 11) is 4.39. The van der Waals surface area contributed by atoms with Crippen molar-refractivity contribution >= 4 is 22.5 Å². The van der Waals surface area contributed by atoms with E-state index in [2.05, 4.69) is 80.8 Å². The van der Waals surface area contributed by atoms with Crippen LogP contribution in [0.15, 0.2) is 76.5 Å². The Morgan fingerprint density at radius 2 is 1.43 bits per heavy atom. The molecule has 3 aromatic rings. The highest BCUT2D eigenvalue weighted by Gasteiger charge is 2.08. The third-order valence-electron chi connectivity index (χ3n) is 3.49. The molecule has 0 saturated carbocycles. The molecule has 3 aromatic carbocycles. The number of fused-ring (bicyclic) bond motifs is 1. The molecule has 0 aliphatic rings. The average molecular weight is 294 g/mol. The van der Waals surface area contributed by atoms with Crippen LogP contribution >= 0.6 is 11.8 Å². The van der Waals surface area contributed by atoms with E-state index < -0.39 is 0 Å². The molecular weight excluding hydrogens is 274 g/mol. The number of hydrogen-bond donors (Lipinski definition) is 1. The van der Waals surface area contributed by atoms with Crippen molar-refractivity contribution in [2.24, 2.45) is 0 Å². The van der Waals surface area contributed by atoms with Crippen LogP contribution in [0.4, 0.5) is 0 Å². The van der Waals surface area contributed by atoms with Crippen molar-refractivity contribution in [1.29, 1.82) is 0 Å². The highest BCUT2D eigenvalue weighted by Crippen LogP contribution is 2.35. The summed E-state index contributed by atoms with van der Waals surface area (Å²) in [6, 6.07) is 23.8. The fourth-order valence-electron chi connectivity index (χ4n) is 2.53. The van der Waals surface area contributed by atoms with Crippen LogP contribution in [0.3, 0.4) is 0 Å². The third kappa shape index (κ3) is 3.29. The van der Waals surface area contributed by atoms with Gasteiger partial charge in [-0.1, -0.05) is 66.4 Å². The van der Waals surface area contributed by atoms with Gasteiger partial charge in [0.05, 0.1) is 14.1 Å². The van der Waals surface area contributed by atoms with Crippen LogP contribution in [-0.2, 0) is 6.54 Å². The van der Waals surface area contributed by atoms with Gasteiger partial charge in [-0.2, -0.15) is 0 Å². The van der Waals surface area contributed by atoms with Crippen molar-refractivity contribution in [2.45, 2.75) is 16.3 Å². The Labute approximate surface area is 130 Å². The molecule has 0 unspecified atom stereocenters. The van der Waals surface area contributed by atoms with Gasteiger partial charge in [-0.05, 0) is 22.9 Å². The van der Waals surface area contributed by atoms with E-state index in [1.165, 1.54) is 31.0 Å². The molecule has 0 atom stereocenters. The highest BCUT2D eigenvalue weighted by atomic mass is 32.2. The average Bonchev–Trinajstić information content (AvgIpc) is 2.49. The molecule has 106 valence electrons. The standard InChI is InChI=1S/C19H19NS/c1-20(2)14-16-9-4-6-12-18(16)21-19-13-7-10-15-8-3-5-11-17(15)19/h3-13H,14H2,1-2H3/p+1. The van der Waals surface area contributed by atoms with Crippen molar-refractivity contribution in [1.82, 2.24) is 0 Å². The molecule has 0 spiro atoms. The zero-order valence-electron chi connectivity index (χ0n) is 12.5. The molecule has 2 heteroatoms. The van der Waals surface area contributed by atoms with E-state index in [-0.39, 0.29) is 0 Å². The Balaban J connectivity index is 1.99. The van der Waals surface area contributed by atoms with Crippen LogP contribution in [0.1, 0.15) is 5.56 Å². The first-order valence-corrected chi connectivity index (χ1v) is 8.08. The Kier molecular flexibility index (Phi) is 4.28. The van der Waals surface area contributed by atoms with Crippen LogP contribution in [-0.4, -0.2) is 14.1 Å². The molecule has 3 rings (SSSR count). The minimum absolute atomic E-state index is 1.05. The lowest BCUT2D eigenvalue weighted by molar-refractivity contribution is -0.872. The molecule has 0 aromatic heterocycles. The minimum Gasteiger partial charge on any atom is -0.336 e. The van der Waals surface area contributed by atoms with Crippen molar-refractivity contribution in [3.63, 3.8) is 0 Å². The maximum absolute atomic E-state index is 2.24. The molecule has 0 amide bonds.